The molecule has 0 aliphatic rings. The van der Waals surface area contributed by atoms with Crippen LogP contribution < -0.4 is 5.32 Å². The van der Waals surface area contributed by atoms with Crippen molar-refractivity contribution in [1.29, 1.82) is 0 Å². The van der Waals surface area contributed by atoms with Crippen LogP contribution >= 0.6 is 23.2 Å². The molecule has 0 saturated carbocycles. The van der Waals surface area contributed by atoms with Crippen molar-refractivity contribution in [2.45, 2.75) is 26.3 Å². The normalized spacial score (nSPS) is 12.0. The van der Waals surface area contributed by atoms with Crippen LogP contribution in [0.3, 0.4) is 0 Å². The van der Waals surface area contributed by atoms with E-state index >= 15 is 0 Å². The maximum Gasteiger partial charge on any atom is 0.235 e. The Labute approximate surface area is 141 Å². The number of rotatable bonds is 7. The van der Waals surface area contributed by atoms with Crippen molar-refractivity contribution in [3.63, 3.8) is 0 Å². The molecule has 1 rings (SSSR count). The fraction of sp³-hybridized carbons (Fsp3) is 0.500. The highest BCUT2D eigenvalue weighted by molar-refractivity contribution is 7.88. The molecular weight excluding hydrogens is 347 g/mol. The van der Waals surface area contributed by atoms with E-state index in [-0.39, 0.29) is 18.5 Å². The van der Waals surface area contributed by atoms with Crippen molar-refractivity contribution in [3.05, 3.63) is 33.8 Å². The van der Waals surface area contributed by atoms with E-state index in [0.717, 1.165) is 16.1 Å². The van der Waals surface area contributed by atoms with Gasteiger partial charge in [0.15, 0.2) is 0 Å². The third-order valence-electron chi connectivity index (χ3n) is 3.03. The minimum atomic E-state index is -3.41. The minimum Gasteiger partial charge on any atom is -0.355 e. The second-order valence-corrected chi connectivity index (χ2v) is 8.02. The molecular formula is C14H20Cl2N2O3S. The van der Waals surface area contributed by atoms with E-state index in [1.165, 1.54) is 0 Å². The molecule has 0 fully saturated rings. The molecule has 22 heavy (non-hydrogen) atoms. The lowest BCUT2D eigenvalue weighted by molar-refractivity contribution is -0.121. The second-order valence-electron chi connectivity index (χ2n) is 5.24. The van der Waals surface area contributed by atoms with Gasteiger partial charge in [0.2, 0.25) is 15.9 Å². The highest BCUT2D eigenvalue weighted by Gasteiger charge is 2.22. The van der Waals surface area contributed by atoms with E-state index < -0.39 is 10.0 Å². The zero-order valence-electron chi connectivity index (χ0n) is 12.8. The van der Waals surface area contributed by atoms with Crippen LogP contribution in [0.4, 0.5) is 0 Å². The molecule has 0 aromatic heterocycles. The van der Waals surface area contributed by atoms with Crippen molar-refractivity contribution in [2.24, 2.45) is 0 Å². The third kappa shape index (κ3) is 6.12. The molecule has 0 aliphatic carbocycles. The predicted octanol–water partition coefficient (Wildman–Crippen LogP) is 2.32. The number of sulfonamides is 1. The van der Waals surface area contributed by atoms with Gasteiger partial charge in [-0.2, -0.15) is 4.31 Å². The first-order valence-electron chi connectivity index (χ1n) is 6.78. The van der Waals surface area contributed by atoms with E-state index in [1.54, 1.807) is 32.0 Å². The van der Waals surface area contributed by atoms with Crippen molar-refractivity contribution in [2.75, 3.05) is 19.3 Å². The number of carbonyl (C=O) groups excluding carboxylic acids is 1. The molecule has 0 heterocycles. The maximum atomic E-state index is 11.9. The quantitative estimate of drug-likeness (QED) is 0.804. The number of carbonyl (C=O) groups is 1. The summed E-state index contributed by atoms with van der Waals surface area (Å²) >= 11 is 11.9. The Morgan fingerprint density at radius 3 is 2.45 bits per heavy atom. The van der Waals surface area contributed by atoms with Gasteiger partial charge in [-0.25, -0.2) is 8.42 Å². The minimum absolute atomic E-state index is 0.190. The monoisotopic (exact) mass is 366 g/mol. The Balaban J connectivity index is 2.52. The molecule has 0 aliphatic heterocycles. The molecule has 0 spiro atoms. The molecule has 1 aromatic carbocycles. The Bertz CT molecular complexity index is 633. The average Bonchev–Trinajstić information content (AvgIpc) is 2.37. The van der Waals surface area contributed by atoms with Gasteiger partial charge in [-0.05, 0) is 38.0 Å². The molecule has 1 aromatic rings. The Morgan fingerprint density at radius 2 is 1.95 bits per heavy atom. The van der Waals surface area contributed by atoms with Gasteiger partial charge in [0, 0.05) is 22.6 Å². The van der Waals surface area contributed by atoms with E-state index in [0.29, 0.717) is 23.0 Å². The zero-order chi connectivity index (χ0) is 16.9. The topological polar surface area (TPSA) is 66.5 Å². The number of nitrogens with one attached hydrogen (secondary N) is 1. The molecule has 0 bridgehead atoms. The molecule has 124 valence electrons. The van der Waals surface area contributed by atoms with Crippen LogP contribution in [0.25, 0.3) is 0 Å². The highest BCUT2D eigenvalue weighted by Crippen LogP contribution is 2.21. The van der Waals surface area contributed by atoms with Crippen molar-refractivity contribution in [3.8, 4) is 0 Å². The summed E-state index contributed by atoms with van der Waals surface area (Å²) in [7, 11) is -3.41. The van der Waals surface area contributed by atoms with Gasteiger partial charge < -0.3 is 5.32 Å². The van der Waals surface area contributed by atoms with Crippen LogP contribution in [0.5, 0.6) is 0 Å². The molecule has 1 amide bonds. The van der Waals surface area contributed by atoms with Crippen molar-refractivity contribution >= 4 is 39.1 Å². The van der Waals surface area contributed by atoms with Gasteiger partial charge in [0.1, 0.15) is 0 Å². The first kappa shape index (κ1) is 19.2. The van der Waals surface area contributed by atoms with Crippen LogP contribution in [0.2, 0.25) is 10.0 Å². The fourth-order valence-corrected chi connectivity index (χ4v) is 3.56. The summed E-state index contributed by atoms with van der Waals surface area (Å²) in [4.78, 5) is 11.9. The molecule has 0 saturated heterocycles. The van der Waals surface area contributed by atoms with Crippen molar-refractivity contribution in [1.82, 2.24) is 9.62 Å². The Kier molecular flexibility index (Phi) is 7.12. The summed E-state index contributed by atoms with van der Waals surface area (Å²) in [6.07, 6.45) is 1.63. The molecule has 5 nitrogen and oxygen atoms in total. The number of amides is 1. The molecule has 0 atom stereocenters. The lowest BCUT2D eigenvalue weighted by Gasteiger charge is -2.23. The van der Waals surface area contributed by atoms with Crippen LogP contribution in [0, 0.1) is 0 Å². The highest BCUT2D eigenvalue weighted by atomic mass is 35.5. The van der Waals surface area contributed by atoms with E-state index in [1.807, 2.05) is 0 Å². The summed E-state index contributed by atoms with van der Waals surface area (Å²) in [6.45, 7) is 3.63. The Morgan fingerprint density at radius 1 is 1.32 bits per heavy atom. The van der Waals surface area contributed by atoms with Crippen molar-refractivity contribution < 1.29 is 13.2 Å². The van der Waals surface area contributed by atoms with Gasteiger partial charge in [-0.3, -0.25) is 4.79 Å². The SMILES string of the molecule is CC(C)N(CC(=O)NCCc1ccc(Cl)cc1Cl)S(C)(=O)=O. The number of hydrogen-bond acceptors (Lipinski definition) is 3. The largest absolute Gasteiger partial charge is 0.355 e. The molecule has 8 heteroatoms. The average molecular weight is 367 g/mol. The zero-order valence-corrected chi connectivity index (χ0v) is 15.1. The molecule has 0 unspecified atom stereocenters. The van der Waals surface area contributed by atoms with Gasteiger partial charge in [-0.1, -0.05) is 29.3 Å². The number of benzene rings is 1. The smallest absolute Gasteiger partial charge is 0.235 e. The van der Waals surface area contributed by atoms with Gasteiger partial charge in [-0.15, -0.1) is 0 Å². The van der Waals surface area contributed by atoms with Gasteiger partial charge >= 0.3 is 0 Å². The first-order valence-corrected chi connectivity index (χ1v) is 9.39. The van der Waals surface area contributed by atoms with Crippen LogP contribution in [0.1, 0.15) is 19.4 Å². The first-order chi connectivity index (χ1) is 10.1. The summed E-state index contributed by atoms with van der Waals surface area (Å²) in [5.41, 5.74) is 0.871. The fourth-order valence-electron chi connectivity index (χ4n) is 1.94. The standard InChI is InChI=1S/C14H20Cl2N2O3S/c1-10(2)18(22(3,20)21)9-14(19)17-7-6-11-4-5-12(15)8-13(11)16/h4-5,8,10H,6-7,9H2,1-3H3,(H,17,19). The summed E-state index contributed by atoms with van der Waals surface area (Å²) in [5, 5.41) is 3.79. The van der Waals surface area contributed by atoms with E-state index in [4.69, 9.17) is 23.2 Å². The number of hydrogen-bond donors (Lipinski definition) is 1. The van der Waals surface area contributed by atoms with Crippen LogP contribution in [-0.2, 0) is 21.2 Å². The third-order valence-corrected chi connectivity index (χ3v) is 5.02. The molecule has 1 N–H and O–H groups in total. The predicted molar refractivity (Wildman–Crippen MR) is 89.9 cm³/mol. The van der Waals surface area contributed by atoms with E-state index in [9.17, 15) is 13.2 Å². The second kappa shape index (κ2) is 8.15. The lowest BCUT2D eigenvalue weighted by atomic mass is 10.1. The van der Waals surface area contributed by atoms with Gasteiger partial charge in [0.05, 0.1) is 12.8 Å². The molecule has 0 radical (unpaired) electrons. The number of halogens is 2. The van der Waals surface area contributed by atoms with Crippen LogP contribution in [-0.4, -0.2) is 44.0 Å². The Hall–Kier alpha value is -0.820. The lowest BCUT2D eigenvalue weighted by Crippen LogP contribution is -2.44. The summed E-state index contributed by atoms with van der Waals surface area (Å²) in [6, 6.07) is 4.90. The van der Waals surface area contributed by atoms with E-state index in [2.05, 4.69) is 5.32 Å². The summed E-state index contributed by atoms with van der Waals surface area (Å²) < 4.78 is 24.3. The van der Waals surface area contributed by atoms with Crippen LogP contribution in [0.15, 0.2) is 18.2 Å². The number of nitrogens with zero attached hydrogens (tertiary/aromatic N) is 1. The maximum absolute atomic E-state index is 11.9. The van der Waals surface area contributed by atoms with Gasteiger partial charge in [0.25, 0.3) is 0 Å². The summed E-state index contributed by atoms with van der Waals surface area (Å²) in [5.74, 6) is -0.343.